The highest BCUT2D eigenvalue weighted by Crippen LogP contribution is 2.38. The molecule has 0 aliphatic heterocycles. The molecule has 3 rings (SSSR count). The average molecular weight is 442 g/mol. The number of benzene rings is 1. The average Bonchev–Trinajstić information content (AvgIpc) is 3.18. The number of ether oxygens (including phenoxy) is 1. The number of nitrogens with zero attached hydrogens (tertiary/aromatic N) is 5. The number of methoxy groups -OCH3 is 1. The summed E-state index contributed by atoms with van der Waals surface area (Å²) >= 11 is 0. The summed E-state index contributed by atoms with van der Waals surface area (Å²) in [6.45, 7) is 0. The van der Waals surface area contributed by atoms with Crippen LogP contribution in [0.2, 0.25) is 0 Å². The van der Waals surface area contributed by atoms with Gasteiger partial charge in [0, 0.05) is 13.1 Å². The van der Waals surface area contributed by atoms with Crippen molar-refractivity contribution in [3.63, 3.8) is 0 Å². The Labute approximate surface area is 179 Å². The number of nitro groups is 1. The number of nitro benzene ring substituents is 1. The van der Waals surface area contributed by atoms with Gasteiger partial charge in [0.25, 0.3) is 0 Å². The number of amides is 1. The van der Waals surface area contributed by atoms with E-state index in [4.69, 9.17) is 9.84 Å². The molecular weight excluding hydrogens is 427 g/mol. The molecule has 0 bridgehead atoms. The Morgan fingerprint density at radius 2 is 2.09 bits per heavy atom. The number of rotatable bonds is 7. The van der Waals surface area contributed by atoms with Crippen LogP contribution in [-0.2, 0) is 7.05 Å². The molecule has 1 aromatic carbocycles. The summed E-state index contributed by atoms with van der Waals surface area (Å²) in [6.07, 6.45) is 2.15. The quantitative estimate of drug-likeness (QED) is 0.242. The molecule has 32 heavy (non-hydrogen) atoms. The second kappa shape index (κ2) is 8.99. The van der Waals surface area contributed by atoms with E-state index < -0.39 is 28.3 Å². The van der Waals surface area contributed by atoms with Gasteiger partial charge in [-0.2, -0.15) is 5.10 Å². The SMILES string of the molecule is COc1c(-c2ncn(C)n2)cc(/C=C/C(=O)c2nc(NC(=O)O)ccc2F)cc1[N+](=O)[O-]. The van der Waals surface area contributed by atoms with Crippen molar-refractivity contribution in [1.82, 2.24) is 19.7 Å². The van der Waals surface area contributed by atoms with Gasteiger partial charge in [0.15, 0.2) is 11.6 Å². The van der Waals surface area contributed by atoms with Crippen LogP contribution in [0, 0.1) is 15.9 Å². The van der Waals surface area contributed by atoms with E-state index >= 15 is 0 Å². The molecule has 3 aromatic rings. The molecule has 0 aliphatic carbocycles. The van der Waals surface area contributed by atoms with Crippen LogP contribution >= 0.6 is 0 Å². The van der Waals surface area contributed by atoms with Crippen LogP contribution in [0.4, 0.5) is 20.7 Å². The molecule has 12 nitrogen and oxygen atoms in total. The van der Waals surface area contributed by atoms with Crippen molar-refractivity contribution in [3.8, 4) is 17.1 Å². The van der Waals surface area contributed by atoms with E-state index in [9.17, 15) is 24.1 Å². The van der Waals surface area contributed by atoms with Crippen LogP contribution in [0.25, 0.3) is 17.5 Å². The molecule has 0 spiro atoms. The third kappa shape index (κ3) is 4.72. The number of hydrogen-bond acceptors (Lipinski definition) is 8. The highest BCUT2D eigenvalue weighted by Gasteiger charge is 2.23. The number of carboxylic acid groups (broad SMARTS) is 1. The molecule has 0 saturated heterocycles. The first-order valence-corrected chi connectivity index (χ1v) is 8.81. The van der Waals surface area contributed by atoms with Crippen LogP contribution in [0.15, 0.2) is 36.7 Å². The second-order valence-corrected chi connectivity index (χ2v) is 6.27. The Morgan fingerprint density at radius 3 is 2.69 bits per heavy atom. The predicted molar refractivity (Wildman–Crippen MR) is 109 cm³/mol. The molecule has 0 aliphatic rings. The van der Waals surface area contributed by atoms with Gasteiger partial charge in [0.05, 0.1) is 17.6 Å². The number of allylic oxidation sites excluding steroid dienone is 1. The summed E-state index contributed by atoms with van der Waals surface area (Å²) in [7, 11) is 2.88. The Kier molecular flexibility index (Phi) is 6.19. The van der Waals surface area contributed by atoms with E-state index in [0.29, 0.717) is 0 Å². The van der Waals surface area contributed by atoms with Crippen LogP contribution in [-0.4, -0.2) is 48.8 Å². The van der Waals surface area contributed by atoms with Crippen LogP contribution in [0.5, 0.6) is 5.75 Å². The van der Waals surface area contributed by atoms with E-state index in [2.05, 4.69) is 15.1 Å². The van der Waals surface area contributed by atoms with Crippen molar-refractivity contribution in [2.45, 2.75) is 0 Å². The molecule has 0 fully saturated rings. The fourth-order valence-corrected chi connectivity index (χ4v) is 2.76. The Bertz CT molecular complexity index is 1260. The predicted octanol–water partition coefficient (Wildman–Crippen LogP) is 2.92. The molecule has 0 unspecified atom stereocenters. The zero-order valence-corrected chi connectivity index (χ0v) is 16.6. The van der Waals surface area contributed by atoms with Gasteiger partial charge in [-0.3, -0.25) is 24.9 Å². The number of carbonyl (C=O) groups is 2. The Balaban J connectivity index is 2.01. The zero-order chi connectivity index (χ0) is 23.4. The van der Waals surface area contributed by atoms with Gasteiger partial charge in [0.2, 0.25) is 11.5 Å². The minimum atomic E-state index is -1.43. The maximum Gasteiger partial charge on any atom is 0.410 e. The maximum atomic E-state index is 14.0. The smallest absolute Gasteiger partial charge is 0.410 e. The normalized spacial score (nSPS) is 10.8. The number of ketones is 1. The number of pyridine rings is 1. The molecule has 2 aromatic heterocycles. The van der Waals surface area contributed by atoms with Crippen LogP contribution in [0.3, 0.4) is 0 Å². The van der Waals surface area contributed by atoms with Gasteiger partial charge in [0.1, 0.15) is 17.8 Å². The number of aromatic nitrogens is 4. The lowest BCUT2D eigenvalue weighted by molar-refractivity contribution is -0.385. The summed E-state index contributed by atoms with van der Waals surface area (Å²) in [5.41, 5.74) is -0.580. The van der Waals surface area contributed by atoms with Gasteiger partial charge in [-0.15, -0.1) is 0 Å². The van der Waals surface area contributed by atoms with Crippen LogP contribution in [0.1, 0.15) is 16.1 Å². The van der Waals surface area contributed by atoms with E-state index in [0.717, 1.165) is 18.2 Å². The summed E-state index contributed by atoms with van der Waals surface area (Å²) < 4.78 is 20.6. The van der Waals surface area contributed by atoms with Crippen molar-refractivity contribution in [2.75, 3.05) is 12.4 Å². The fourth-order valence-electron chi connectivity index (χ4n) is 2.76. The summed E-state index contributed by atoms with van der Waals surface area (Å²) in [4.78, 5) is 41.7. The van der Waals surface area contributed by atoms with Gasteiger partial charge in [-0.25, -0.2) is 19.2 Å². The monoisotopic (exact) mass is 442 g/mol. The highest BCUT2D eigenvalue weighted by molar-refractivity contribution is 6.06. The Hall–Kier alpha value is -4.68. The zero-order valence-electron chi connectivity index (χ0n) is 16.6. The lowest BCUT2D eigenvalue weighted by Crippen LogP contribution is -2.11. The third-order valence-corrected chi connectivity index (χ3v) is 4.07. The molecule has 2 N–H and O–H groups in total. The molecule has 1 amide bonds. The second-order valence-electron chi connectivity index (χ2n) is 6.27. The lowest BCUT2D eigenvalue weighted by Gasteiger charge is -2.08. The third-order valence-electron chi connectivity index (χ3n) is 4.07. The number of anilines is 1. The number of halogens is 1. The van der Waals surface area contributed by atoms with Gasteiger partial charge >= 0.3 is 11.8 Å². The highest BCUT2D eigenvalue weighted by atomic mass is 19.1. The first-order valence-electron chi connectivity index (χ1n) is 8.81. The first kappa shape index (κ1) is 22.0. The fraction of sp³-hybridized carbons (Fsp3) is 0.105. The summed E-state index contributed by atoms with van der Waals surface area (Å²) in [5, 5.41) is 26.3. The van der Waals surface area contributed by atoms with E-state index in [1.165, 1.54) is 36.3 Å². The van der Waals surface area contributed by atoms with Crippen molar-refractivity contribution >= 4 is 29.5 Å². The minimum absolute atomic E-state index is 0.0650. The van der Waals surface area contributed by atoms with Crippen molar-refractivity contribution in [1.29, 1.82) is 0 Å². The molecule has 13 heteroatoms. The van der Waals surface area contributed by atoms with Gasteiger partial charge in [-0.05, 0) is 29.8 Å². The molecule has 0 radical (unpaired) electrons. The van der Waals surface area contributed by atoms with Crippen molar-refractivity contribution in [2.24, 2.45) is 7.05 Å². The van der Waals surface area contributed by atoms with E-state index in [1.54, 1.807) is 7.05 Å². The molecular formula is C19H15FN6O6. The maximum absolute atomic E-state index is 14.0. The number of aryl methyl sites for hydroxylation is 1. The lowest BCUT2D eigenvalue weighted by atomic mass is 10.1. The molecule has 0 atom stereocenters. The number of nitrogens with one attached hydrogen (secondary N) is 1. The summed E-state index contributed by atoms with van der Waals surface area (Å²) in [6, 6.07) is 4.59. The topological polar surface area (TPSA) is 162 Å². The molecule has 164 valence electrons. The number of hydrogen-bond donors (Lipinski definition) is 2. The largest absolute Gasteiger partial charge is 0.490 e. The minimum Gasteiger partial charge on any atom is -0.490 e. The van der Waals surface area contributed by atoms with E-state index in [-0.39, 0.29) is 34.2 Å². The van der Waals surface area contributed by atoms with Crippen molar-refractivity contribution < 1.29 is 28.7 Å². The van der Waals surface area contributed by atoms with Gasteiger partial charge in [-0.1, -0.05) is 6.08 Å². The van der Waals surface area contributed by atoms with E-state index in [1.807, 2.05) is 5.32 Å². The van der Waals surface area contributed by atoms with Gasteiger partial charge < -0.3 is 9.84 Å². The Morgan fingerprint density at radius 1 is 1.34 bits per heavy atom. The summed E-state index contributed by atoms with van der Waals surface area (Å²) in [5.74, 6) is -1.99. The molecule has 0 saturated carbocycles. The standard InChI is InChI=1S/C19H15FN6O6/c1-25-9-21-18(24-25)11-7-10(8-13(26(30)31)17(11)32-2)3-5-14(27)16-12(20)4-6-15(22-16)23-19(28)29/h3-9H,1-2H3,(H,22,23)(H,28,29)/b5-3+. The number of carbonyl (C=O) groups excluding carboxylic acids is 1. The van der Waals surface area contributed by atoms with Crippen LogP contribution < -0.4 is 10.1 Å². The first-order chi connectivity index (χ1) is 15.2. The van der Waals surface area contributed by atoms with Crippen molar-refractivity contribution in [3.05, 3.63) is 63.9 Å². The molecule has 2 heterocycles.